The molecular weight excluding hydrogens is 397 g/mol. The fraction of sp³-hybridized carbons (Fsp3) is 0.176. The zero-order valence-electron chi connectivity index (χ0n) is 14.5. The van der Waals surface area contributed by atoms with Gasteiger partial charge in [0.25, 0.3) is 11.6 Å². The van der Waals surface area contributed by atoms with Crippen molar-refractivity contribution in [2.75, 3.05) is 0 Å². The third-order valence-corrected chi connectivity index (χ3v) is 4.76. The minimum absolute atomic E-state index is 0.0280. The largest absolute Gasteiger partial charge is 0.417 e. The van der Waals surface area contributed by atoms with Gasteiger partial charge >= 0.3 is 6.18 Å². The van der Waals surface area contributed by atoms with Gasteiger partial charge in [-0.2, -0.15) is 18.2 Å². The molecule has 2 aromatic rings. The second-order valence-electron chi connectivity index (χ2n) is 5.53. The first-order valence-electron chi connectivity index (χ1n) is 7.84. The number of benzene rings is 2. The van der Waals surface area contributed by atoms with Crippen molar-refractivity contribution in [3.8, 4) is 0 Å². The highest BCUT2D eigenvalue weighted by atomic mass is 32.2. The maximum Gasteiger partial charge on any atom is 0.417 e. The Bertz CT molecular complexity index is 957. The van der Waals surface area contributed by atoms with E-state index in [-0.39, 0.29) is 21.8 Å². The molecule has 11 heteroatoms. The van der Waals surface area contributed by atoms with E-state index in [1.54, 1.807) is 6.92 Å². The third-order valence-electron chi connectivity index (χ3n) is 3.64. The molecule has 0 atom stereocenters. The van der Waals surface area contributed by atoms with Crippen LogP contribution in [0.2, 0.25) is 0 Å². The van der Waals surface area contributed by atoms with Crippen molar-refractivity contribution in [3.05, 3.63) is 63.2 Å². The molecule has 0 bridgehead atoms. The number of amides is 1. The first-order chi connectivity index (χ1) is 13.0. The average molecular weight is 412 g/mol. The lowest BCUT2D eigenvalue weighted by atomic mass is 10.0. The second-order valence-corrected chi connectivity index (χ2v) is 6.61. The molecule has 0 aromatic heterocycles. The number of hydrogen-bond acceptors (Lipinski definition) is 4. The predicted molar refractivity (Wildman–Crippen MR) is 98.2 cm³/mol. The Morgan fingerprint density at radius 1 is 1.21 bits per heavy atom. The lowest BCUT2D eigenvalue weighted by Gasteiger charge is -2.13. The summed E-state index contributed by atoms with van der Waals surface area (Å²) < 4.78 is 39.7. The molecule has 0 radical (unpaired) electrons. The topological polar surface area (TPSA) is 125 Å². The summed E-state index contributed by atoms with van der Waals surface area (Å²) in [6, 6.07) is 7.04. The Morgan fingerprint density at radius 2 is 1.86 bits per heavy atom. The first kappa shape index (κ1) is 21.2. The molecule has 2 rings (SSSR count). The van der Waals surface area contributed by atoms with Gasteiger partial charge in [-0.1, -0.05) is 30.8 Å². The lowest BCUT2D eigenvalue weighted by molar-refractivity contribution is -0.387. The number of guanidine groups is 1. The van der Waals surface area contributed by atoms with Crippen molar-refractivity contribution in [1.29, 1.82) is 0 Å². The van der Waals surface area contributed by atoms with Gasteiger partial charge < -0.3 is 11.5 Å². The Kier molecular flexibility index (Phi) is 6.29. The molecule has 0 saturated carbocycles. The Labute approximate surface area is 161 Å². The lowest BCUT2D eigenvalue weighted by Crippen LogP contribution is -2.24. The zero-order valence-corrected chi connectivity index (χ0v) is 15.3. The number of carbonyl (C=O) groups is 1. The van der Waals surface area contributed by atoms with E-state index >= 15 is 0 Å². The summed E-state index contributed by atoms with van der Waals surface area (Å²) >= 11 is 0.602. The van der Waals surface area contributed by atoms with E-state index in [1.165, 1.54) is 24.3 Å². The van der Waals surface area contributed by atoms with Crippen LogP contribution in [0.25, 0.3) is 0 Å². The number of alkyl halides is 3. The zero-order chi connectivity index (χ0) is 21.1. The van der Waals surface area contributed by atoms with Gasteiger partial charge in [0.2, 0.25) is 0 Å². The van der Waals surface area contributed by atoms with E-state index in [0.717, 1.165) is 12.1 Å². The highest BCUT2D eigenvalue weighted by Gasteiger charge is 2.34. The molecule has 28 heavy (non-hydrogen) atoms. The number of aryl methyl sites for hydroxylation is 1. The fourth-order valence-electron chi connectivity index (χ4n) is 2.41. The van der Waals surface area contributed by atoms with Gasteiger partial charge in [0.15, 0.2) is 5.96 Å². The number of nitro benzene ring substituents is 1. The molecule has 0 aliphatic rings. The number of halogens is 3. The summed E-state index contributed by atoms with van der Waals surface area (Å²) in [6.07, 6.45) is -4.33. The molecule has 0 heterocycles. The molecular formula is C17H15F3N4O3S. The van der Waals surface area contributed by atoms with E-state index in [0.29, 0.717) is 17.3 Å². The van der Waals surface area contributed by atoms with Crippen LogP contribution < -0.4 is 11.5 Å². The molecule has 0 aliphatic heterocycles. The molecule has 0 unspecified atom stereocenters. The number of nitro groups is 1. The van der Waals surface area contributed by atoms with Gasteiger partial charge in [-0.15, -0.1) is 0 Å². The quantitative estimate of drug-likeness (QED) is 0.334. The van der Waals surface area contributed by atoms with Crippen molar-refractivity contribution in [3.63, 3.8) is 0 Å². The summed E-state index contributed by atoms with van der Waals surface area (Å²) in [7, 11) is 0. The molecule has 148 valence electrons. The van der Waals surface area contributed by atoms with Crippen LogP contribution in [0.4, 0.5) is 18.9 Å². The second kappa shape index (κ2) is 8.30. The van der Waals surface area contributed by atoms with E-state index in [1.807, 2.05) is 0 Å². The monoisotopic (exact) mass is 412 g/mol. The summed E-state index contributed by atoms with van der Waals surface area (Å²) in [4.78, 5) is 26.0. The van der Waals surface area contributed by atoms with Crippen molar-refractivity contribution in [2.45, 2.75) is 29.3 Å². The summed E-state index contributed by atoms with van der Waals surface area (Å²) in [5, 5.41) is 11.5. The van der Waals surface area contributed by atoms with Crippen LogP contribution in [-0.2, 0) is 12.6 Å². The standard InChI is InChI=1S/C17H15F3N4O3S/c1-2-9-7-14(28-13-6-4-3-5-11(13)17(18,19)20)12(24(26)27)8-10(9)15(25)23-16(21)22/h3-8H,2H2,1H3,(H4,21,22,23,25). The Balaban J connectivity index is 2.62. The van der Waals surface area contributed by atoms with E-state index in [2.05, 4.69) is 4.99 Å². The van der Waals surface area contributed by atoms with E-state index in [9.17, 15) is 28.1 Å². The summed E-state index contributed by atoms with van der Waals surface area (Å²) in [5.74, 6) is -1.38. The van der Waals surface area contributed by atoms with Gasteiger partial charge in [0, 0.05) is 11.0 Å². The normalized spacial score (nSPS) is 11.1. The van der Waals surface area contributed by atoms with E-state index < -0.39 is 34.2 Å². The molecule has 4 N–H and O–H groups in total. The summed E-state index contributed by atoms with van der Waals surface area (Å²) in [5.41, 5.74) is 9.20. The van der Waals surface area contributed by atoms with Gasteiger partial charge in [-0.25, -0.2) is 0 Å². The third kappa shape index (κ3) is 4.80. The smallest absolute Gasteiger partial charge is 0.370 e. The molecule has 0 spiro atoms. The summed E-state index contributed by atoms with van der Waals surface area (Å²) in [6.45, 7) is 1.69. The maximum atomic E-state index is 13.2. The minimum atomic E-state index is -4.62. The van der Waals surface area contributed by atoms with Gasteiger partial charge in [0.05, 0.1) is 20.9 Å². The van der Waals surface area contributed by atoms with Crippen LogP contribution in [-0.4, -0.2) is 16.8 Å². The predicted octanol–water partition coefficient (Wildman–Crippen LogP) is 3.74. The van der Waals surface area contributed by atoms with Crippen molar-refractivity contribution in [1.82, 2.24) is 0 Å². The van der Waals surface area contributed by atoms with Gasteiger partial charge in [0.1, 0.15) is 0 Å². The van der Waals surface area contributed by atoms with Crippen molar-refractivity contribution >= 4 is 29.3 Å². The SMILES string of the molecule is CCc1cc(Sc2ccccc2C(F)(F)F)c([N+](=O)[O-])cc1C(=O)N=C(N)N. The molecule has 0 aliphatic carbocycles. The Hall–Kier alpha value is -3.08. The van der Waals surface area contributed by atoms with Crippen molar-refractivity contribution < 1.29 is 22.9 Å². The van der Waals surface area contributed by atoms with E-state index in [4.69, 9.17) is 11.5 Å². The maximum absolute atomic E-state index is 13.2. The van der Waals surface area contributed by atoms with Crippen LogP contribution in [0.15, 0.2) is 51.2 Å². The van der Waals surface area contributed by atoms with Crippen LogP contribution in [0.3, 0.4) is 0 Å². The molecule has 7 nitrogen and oxygen atoms in total. The molecule has 0 fully saturated rings. The molecule has 0 saturated heterocycles. The Morgan fingerprint density at radius 3 is 2.39 bits per heavy atom. The number of rotatable bonds is 5. The van der Waals surface area contributed by atoms with Crippen LogP contribution in [0.5, 0.6) is 0 Å². The minimum Gasteiger partial charge on any atom is -0.370 e. The van der Waals surface area contributed by atoms with Gasteiger partial charge in [-0.05, 0) is 30.2 Å². The molecule has 1 amide bonds. The fourth-order valence-corrected chi connectivity index (χ4v) is 3.53. The van der Waals surface area contributed by atoms with Crippen LogP contribution in [0.1, 0.15) is 28.4 Å². The number of carbonyl (C=O) groups excluding carboxylic acids is 1. The van der Waals surface area contributed by atoms with Crippen LogP contribution >= 0.6 is 11.8 Å². The van der Waals surface area contributed by atoms with Crippen LogP contribution in [0, 0.1) is 10.1 Å². The highest BCUT2D eigenvalue weighted by molar-refractivity contribution is 7.99. The average Bonchev–Trinajstić information content (AvgIpc) is 2.59. The first-order valence-corrected chi connectivity index (χ1v) is 8.65. The highest BCUT2D eigenvalue weighted by Crippen LogP contribution is 2.42. The molecule has 2 aromatic carbocycles. The van der Waals surface area contributed by atoms with Crippen molar-refractivity contribution in [2.24, 2.45) is 16.5 Å². The number of nitrogens with two attached hydrogens (primary N) is 2. The van der Waals surface area contributed by atoms with Gasteiger partial charge in [-0.3, -0.25) is 14.9 Å². The number of hydrogen-bond donors (Lipinski definition) is 2. The number of aliphatic imine (C=N–C) groups is 1. The number of nitrogens with zero attached hydrogens (tertiary/aromatic N) is 2.